The number of hydrogen-bond donors (Lipinski definition) is 1. The fraction of sp³-hybridized carbons (Fsp3) is 0.214. The normalized spacial score (nSPS) is 11.9. The van der Waals surface area contributed by atoms with E-state index in [2.05, 4.69) is 10.3 Å². The molecule has 0 saturated carbocycles. The van der Waals surface area contributed by atoms with Crippen molar-refractivity contribution in [2.24, 2.45) is 0 Å². The minimum atomic E-state index is -0.0645. The summed E-state index contributed by atoms with van der Waals surface area (Å²) in [5, 5.41) is 3.20. The van der Waals surface area contributed by atoms with E-state index < -0.39 is 0 Å². The SMILES string of the molecule is COc1cc(NCC(Cl)c2ccccc2)ccn1. The number of pyridine rings is 1. The van der Waals surface area contributed by atoms with Gasteiger partial charge in [0.2, 0.25) is 5.88 Å². The van der Waals surface area contributed by atoms with E-state index >= 15 is 0 Å². The van der Waals surface area contributed by atoms with Gasteiger partial charge in [0.05, 0.1) is 12.5 Å². The van der Waals surface area contributed by atoms with Crippen molar-refractivity contribution < 1.29 is 4.74 Å². The molecule has 4 heteroatoms. The van der Waals surface area contributed by atoms with Crippen molar-refractivity contribution in [3.8, 4) is 5.88 Å². The van der Waals surface area contributed by atoms with Crippen LogP contribution >= 0.6 is 11.6 Å². The first-order chi connectivity index (χ1) is 8.79. The molecule has 18 heavy (non-hydrogen) atoms. The number of halogens is 1. The monoisotopic (exact) mass is 262 g/mol. The summed E-state index contributed by atoms with van der Waals surface area (Å²) >= 11 is 6.32. The summed E-state index contributed by atoms with van der Waals surface area (Å²) in [6.07, 6.45) is 1.70. The number of methoxy groups -OCH3 is 1. The Hall–Kier alpha value is -1.74. The van der Waals surface area contributed by atoms with Crippen LogP contribution in [0.1, 0.15) is 10.9 Å². The fourth-order valence-corrected chi connectivity index (χ4v) is 1.84. The van der Waals surface area contributed by atoms with E-state index in [1.807, 2.05) is 42.5 Å². The molecule has 0 aliphatic heterocycles. The smallest absolute Gasteiger partial charge is 0.214 e. The molecule has 0 amide bonds. The van der Waals surface area contributed by atoms with Crippen molar-refractivity contribution in [1.29, 1.82) is 0 Å². The zero-order valence-electron chi connectivity index (χ0n) is 10.1. The molecule has 0 fully saturated rings. The fourth-order valence-electron chi connectivity index (χ4n) is 1.62. The lowest BCUT2D eigenvalue weighted by atomic mass is 10.1. The minimum absolute atomic E-state index is 0.0645. The van der Waals surface area contributed by atoms with E-state index in [0.29, 0.717) is 12.4 Å². The van der Waals surface area contributed by atoms with Gasteiger partial charge >= 0.3 is 0 Å². The lowest BCUT2D eigenvalue weighted by molar-refractivity contribution is 0.398. The molecular formula is C14H15ClN2O. The highest BCUT2D eigenvalue weighted by molar-refractivity contribution is 6.21. The molecule has 0 aliphatic rings. The van der Waals surface area contributed by atoms with Crippen LogP contribution < -0.4 is 10.1 Å². The average molecular weight is 263 g/mol. The predicted molar refractivity (Wildman–Crippen MR) is 74.3 cm³/mol. The standard InChI is InChI=1S/C14H15ClN2O/c1-18-14-9-12(7-8-16-14)17-10-13(15)11-5-3-2-4-6-11/h2-9,13H,10H2,1H3,(H,16,17). The van der Waals surface area contributed by atoms with Crippen molar-refractivity contribution in [2.75, 3.05) is 19.0 Å². The molecule has 0 saturated heterocycles. The van der Waals surface area contributed by atoms with E-state index in [4.69, 9.17) is 16.3 Å². The zero-order valence-corrected chi connectivity index (χ0v) is 10.9. The number of anilines is 1. The van der Waals surface area contributed by atoms with E-state index in [1.165, 1.54) is 0 Å². The molecule has 0 radical (unpaired) electrons. The second-order valence-corrected chi connectivity index (χ2v) is 4.37. The Morgan fingerprint density at radius 1 is 1.28 bits per heavy atom. The number of nitrogens with one attached hydrogen (secondary N) is 1. The summed E-state index contributed by atoms with van der Waals surface area (Å²) in [5.41, 5.74) is 2.05. The van der Waals surface area contributed by atoms with Crippen LogP contribution in [0.4, 0.5) is 5.69 Å². The van der Waals surface area contributed by atoms with Gasteiger partial charge in [-0.1, -0.05) is 30.3 Å². The lowest BCUT2D eigenvalue weighted by Crippen LogP contribution is -2.08. The Morgan fingerprint density at radius 3 is 2.78 bits per heavy atom. The number of alkyl halides is 1. The van der Waals surface area contributed by atoms with Crippen molar-refractivity contribution in [3.63, 3.8) is 0 Å². The summed E-state index contributed by atoms with van der Waals surface area (Å²) in [7, 11) is 1.60. The molecule has 2 rings (SSSR count). The summed E-state index contributed by atoms with van der Waals surface area (Å²) in [5.74, 6) is 0.589. The highest BCUT2D eigenvalue weighted by atomic mass is 35.5. The van der Waals surface area contributed by atoms with Crippen LogP contribution in [0.15, 0.2) is 48.7 Å². The van der Waals surface area contributed by atoms with Crippen LogP contribution in [-0.4, -0.2) is 18.6 Å². The van der Waals surface area contributed by atoms with Gasteiger partial charge in [-0.15, -0.1) is 11.6 Å². The van der Waals surface area contributed by atoms with Gasteiger partial charge in [0.15, 0.2) is 0 Å². The van der Waals surface area contributed by atoms with Gasteiger partial charge in [-0.2, -0.15) is 0 Å². The van der Waals surface area contributed by atoms with Crippen LogP contribution in [0.2, 0.25) is 0 Å². The first kappa shape index (κ1) is 12.7. The molecule has 1 unspecified atom stereocenters. The van der Waals surface area contributed by atoms with Crippen LogP contribution in [0, 0.1) is 0 Å². The van der Waals surface area contributed by atoms with Gasteiger partial charge in [-0.25, -0.2) is 4.98 Å². The number of hydrogen-bond acceptors (Lipinski definition) is 3. The van der Waals surface area contributed by atoms with Gasteiger partial charge < -0.3 is 10.1 Å². The van der Waals surface area contributed by atoms with E-state index in [-0.39, 0.29) is 5.38 Å². The lowest BCUT2D eigenvalue weighted by Gasteiger charge is -2.12. The first-order valence-electron chi connectivity index (χ1n) is 5.72. The first-order valence-corrected chi connectivity index (χ1v) is 6.16. The van der Waals surface area contributed by atoms with Crippen LogP contribution in [0.25, 0.3) is 0 Å². The Labute approximate surface area is 112 Å². The highest BCUT2D eigenvalue weighted by Crippen LogP contribution is 2.21. The second kappa shape index (κ2) is 6.26. The Morgan fingerprint density at radius 2 is 2.06 bits per heavy atom. The molecule has 94 valence electrons. The van der Waals surface area contributed by atoms with Gasteiger partial charge in [0.25, 0.3) is 0 Å². The van der Waals surface area contributed by atoms with Gasteiger partial charge in [0, 0.05) is 24.5 Å². The maximum Gasteiger partial charge on any atom is 0.214 e. The number of ether oxygens (including phenoxy) is 1. The second-order valence-electron chi connectivity index (χ2n) is 3.85. The average Bonchev–Trinajstić information content (AvgIpc) is 2.46. The number of rotatable bonds is 5. The number of benzene rings is 1. The minimum Gasteiger partial charge on any atom is -0.481 e. The van der Waals surface area contributed by atoms with Gasteiger partial charge in [-0.05, 0) is 11.6 Å². The topological polar surface area (TPSA) is 34.1 Å². The quantitative estimate of drug-likeness (QED) is 0.838. The Balaban J connectivity index is 1.95. The molecule has 3 nitrogen and oxygen atoms in total. The van der Waals surface area contributed by atoms with Gasteiger partial charge in [-0.3, -0.25) is 0 Å². The molecule has 0 bridgehead atoms. The molecule has 0 aliphatic carbocycles. The molecule has 1 heterocycles. The maximum absolute atomic E-state index is 6.32. The summed E-state index contributed by atoms with van der Waals surface area (Å²) in [6, 6.07) is 13.7. The Kier molecular flexibility index (Phi) is 4.42. The Bertz CT molecular complexity index is 490. The molecule has 1 aromatic carbocycles. The van der Waals surface area contributed by atoms with Crippen molar-refractivity contribution >= 4 is 17.3 Å². The van der Waals surface area contributed by atoms with E-state index in [1.54, 1.807) is 13.3 Å². The third-order valence-corrected chi connectivity index (χ3v) is 3.00. The molecule has 2 aromatic rings. The van der Waals surface area contributed by atoms with Gasteiger partial charge in [0.1, 0.15) is 0 Å². The number of aromatic nitrogens is 1. The van der Waals surface area contributed by atoms with Crippen molar-refractivity contribution in [3.05, 3.63) is 54.2 Å². The third kappa shape index (κ3) is 3.37. The van der Waals surface area contributed by atoms with Crippen LogP contribution in [0.5, 0.6) is 5.88 Å². The van der Waals surface area contributed by atoms with E-state index in [0.717, 1.165) is 11.3 Å². The van der Waals surface area contributed by atoms with E-state index in [9.17, 15) is 0 Å². The molecule has 0 spiro atoms. The highest BCUT2D eigenvalue weighted by Gasteiger charge is 2.07. The third-order valence-electron chi connectivity index (χ3n) is 2.59. The molecular weight excluding hydrogens is 248 g/mol. The molecule has 1 aromatic heterocycles. The summed E-state index contributed by atoms with van der Waals surface area (Å²) in [4.78, 5) is 4.05. The number of nitrogens with zero attached hydrogens (tertiary/aromatic N) is 1. The zero-order chi connectivity index (χ0) is 12.8. The summed E-state index contributed by atoms with van der Waals surface area (Å²) in [6.45, 7) is 0.652. The maximum atomic E-state index is 6.32. The molecule has 1 atom stereocenters. The van der Waals surface area contributed by atoms with Crippen molar-refractivity contribution in [2.45, 2.75) is 5.38 Å². The summed E-state index contributed by atoms with van der Waals surface area (Å²) < 4.78 is 5.06. The largest absolute Gasteiger partial charge is 0.481 e. The molecule has 1 N–H and O–H groups in total. The van der Waals surface area contributed by atoms with Crippen LogP contribution in [0.3, 0.4) is 0 Å². The predicted octanol–water partition coefficient (Wildman–Crippen LogP) is 3.48. The van der Waals surface area contributed by atoms with Crippen LogP contribution in [-0.2, 0) is 0 Å². The van der Waals surface area contributed by atoms with Crippen molar-refractivity contribution in [1.82, 2.24) is 4.98 Å².